The minimum Gasteiger partial charge on any atom is -0.507 e. The van der Waals surface area contributed by atoms with Gasteiger partial charge in [-0.1, -0.05) is 6.42 Å². The number of piperidine rings is 2. The van der Waals surface area contributed by atoms with Crippen LogP contribution in [0.15, 0.2) is 36.7 Å². The van der Waals surface area contributed by atoms with Crippen LogP contribution in [0.1, 0.15) is 32.1 Å². The number of fused-ring (bicyclic) bond motifs is 2. The van der Waals surface area contributed by atoms with Gasteiger partial charge in [-0.25, -0.2) is 4.39 Å². The molecule has 4 heterocycles. The van der Waals surface area contributed by atoms with Gasteiger partial charge in [-0.3, -0.25) is 4.68 Å². The van der Waals surface area contributed by atoms with E-state index in [1.807, 2.05) is 0 Å². The second-order valence-electron chi connectivity index (χ2n) is 8.21. The molecular formula is C22H24FN5O2. The average molecular weight is 409 g/mol. The lowest BCUT2D eigenvalue weighted by atomic mass is 9.85. The molecule has 2 bridgehead atoms. The molecule has 0 radical (unpaired) electrons. The van der Waals surface area contributed by atoms with Crippen molar-refractivity contribution >= 4 is 0 Å². The van der Waals surface area contributed by atoms with Gasteiger partial charge in [0.25, 0.3) is 0 Å². The summed E-state index contributed by atoms with van der Waals surface area (Å²) in [5.74, 6) is -0.332. The smallest absolute Gasteiger partial charge is 0.233 e. The van der Waals surface area contributed by atoms with E-state index in [2.05, 4.69) is 20.6 Å². The minimum atomic E-state index is -0.567. The number of aromatic hydroxyl groups is 1. The van der Waals surface area contributed by atoms with E-state index in [1.54, 1.807) is 36.3 Å². The zero-order chi connectivity index (χ0) is 20.7. The maximum atomic E-state index is 14.8. The van der Waals surface area contributed by atoms with Crippen molar-refractivity contribution in [2.24, 2.45) is 7.05 Å². The molecule has 2 N–H and O–H groups in total. The molecule has 30 heavy (non-hydrogen) atoms. The maximum Gasteiger partial charge on any atom is 0.233 e. The van der Waals surface area contributed by atoms with Crippen LogP contribution in [-0.4, -0.2) is 43.3 Å². The number of ether oxygens (including phenoxy) is 1. The molecule has 2 unspecified atom stereocenters. The van der Waals surface area contributed by atoms with E-state index in [1.165, 1.54) is 31.4 Å². The molecule has 7 nitrogen and oxygen atoms in total. The van der Waals surface area contributed by atoms with Crippen molar-refractivity contribution in [3.05, 3.63) is 42.5 Å². The van der Waals surface area contributed by atoms with Crippen LogP contribution in [0.25, 0.3) is 22.4 Å². The second-order valence-corrected chi connectivity index (χ2v) is 8.21. The van der Waals surface area contributed by atoms with E-state index < -0.39 is 5.82 Å². The number of hydrogen-bond acceptors (Lipinski definition) is 6. The van der Waals surface area contributed by atoms with Gasteiger partial charge in [0.15, 0.2) is 0 Å². The maximum absolute atomic E-state index is 14.8. The number of nitrogens with one attached hydrogen (secondary N) is 1. The van der Waals surface area contributed by atoms with Crippen LogP contribution in [0.3, 0.4) is 0 Å². The molecule has 1 aromatic carbocycles. The minimum absolute atomic E-state index is 0.0260. The monoisotopic (exact) mass is 409 g/mol. The highest BCUT2D eigenvalue weighted by Crippen LogP contribution is 2.35. The molecule has 0 spiro atoms. The van der Waals surface area contributed by atoms with Crippen molar-refractivity contribution in [2.45, 2.75) is 50.3 Å². The number of nitrogens with zero attached hydrogens (tertiary/aromatic N) is 4. The summed E-state index contributed by atoms with van der Waals surface area (Å²) in [6.45, 7) is 0. The van der Waals surface area contributed by atoms with Crippen LogP contribution in [0.2, 0.25) is 0 Å². The highest BCUT2D eigenvalue weighted by atomic mass is 19.1. The van der Waals surface area contributed by atoms with E-state index in [0.29, 0.717) is 23.5 Å². The Balaban J connectivity index is 1.34. The molecule has 0 aliphatic carbocycles. The zero-order valence-electron chi connectivity index (χ0n) is 16.8. The molecule has 0 saturated carbocycles. The summed E-state index contributed by atoms with van der Waals surface area (Å²) >= 11 is 0. The summed E-state index contributed by atoms with van der Waals surface area (Å²) in [7, 11) is 1.78. The van der Waals surface area contributed by atoms with E-state index >= 15 is 0 Å². The zero-order valence-corrected chi connectivity index (χ0v) is 16.8. The van der Waals surface area contributed by atoms with Crippen molar-refractivity contribution in [1.29, 1.82) is 0 Å². The van der Waals surface area contributed by atoms with Crippen LogP contribution >= 0.6 is 0 Å². The first-order valence-electron chi connectivity index (χ1n) is 10.3. The highest BCUT2D eigenvalue weighted by molar-refractivity contribution is 5.74. The Bertz CT molecular complexity index is 1020. The first kappa shape index (κ1) is 19.0. The van der Waals surface area contributed by atoms with Crippen molar-refractivity contribution in [1.82, 2.24) is 25.3 Å². The summed E-state index contributed by atoms with van der Waals surface area (Å²) in [4.78, 5) is 0. The summed E-state index contributed by atoms with van der Waals surface area (Å²) < 4.78 is 22.5. The third-order valence-corrected chi connectivity index (χ3v) is 5.96. The average Bonchev–Trinajstić information content (AvgIpc) is 3.15. The number of phenolic OH excluding ortho intramolecular Hbond substituents is 1. The molecule has 2 aromatic heterocycles. The van der Waals surface area contributed by atoms with E-state index in [4.69, 9.17) is 4.74 Å². The number of rotatable bonds is 4. The van der Waals surface area contributed by atoms with Crippen LogP contribution in [-0.2, 0) is 7.05 Å². The molecule has 2 aliphatic rings. The third kappa shape index (κ3) is 3.75. The first-order valence-corrected chi connectivity index (χ1v) is 10.3. The largest absolute Gasteiger partial charge is 0.507 e. The molecule has 8 heteroatoms. The number of aromatic nitrogens is 4. The highest BCUT2D eigenvalue weighted by Gasteiger charge is 2.32. The second kappa shape index (κ2) is 7.68. The van der Waals surface area contributed by atoms with Gasteiger partial charge >= 0.3 is 0 Å². The fraction of sp³-hybridized carbons (Fsp3) is 0.409. The summed E-state index contributed by atoms with van der Waals surface area (Å²) in [6, 6.07) is 7.22. The SMILES string of the molecule is Cn1cc(-c2cc(O)c(-c3ccc(OC4CC5CCCC(C4)N5)nn3)c(F)c2)cn1. The predicted molar refractivity (Wildman–Crippen MR) is 110 cm³/mol. The number of phenols is 1. The van der Waals surface area contributed by atoms with Gasteiger partial charge in [0.2, 0.25) is 5.88 Å². The van der Waals surface area contributed by atoms with E-state index in [-0.39, 0.29) is 23.1 Å². The molecule has 2 saturated heterocycles. The molecule has 2 fully saturated rings. The van der Waals surface area contributed by atoms with Crippen molar-refractivity contribution in [3.63, 3.8) is 0 Å². The lowest BCUT2D eigenvalue weighted by molar-refractivity contribution is 0.0881. The Morgan fingerprint density at radius 1 is 1.13 bits per heavy atom. The summed E-state index contributed by atoms with van der Waals surface area (Å²) in [5.41, 5.74) is 1.56. The van der Waals surface area contributed by atoms with Crippen LogP contribution in [0.4, 0.5) is 4.39 Å². The normalized spacial score (nSPS) is 23.3. The van der Waals surface area contributed by atoms with E-state index in [9.17, 15) is 9.50 Å². The van der Waals surface area contributed by atoms with Crippen molar-refractivity contribution in [2.75, 3.05) is 0 Å². The molecule has 156 valence electrons. The van der Waals surface area contributed by atoms with Crippen molar-refractivity contribution in [3.8, 4) is 34.0 Å². The Morgan fingerprint density at radius 2 is 1.93 bits per heavy atom. The van der Waals surface area contributed by atoms with Crippen LogP contribution in [0.5, 0.6) is 11.6 Å². The molecular weight excluding hydrogens is 385 g/mol. The Labute approximate surface area is 173 Å². The standard InChI is InChI=1S/C22H24FN5O2/c1-28-12-14(11-24-28)13-7-18(23)22(20(29)8-13)19-5-6-21(27-26-19)30-17-9-15-3-2-4-16(10-17)25-15/h5-8,11-12,15-17,25,29H,2-4,9-10H2,1H3. The Kier molecular flexibility index (Phi) is 4.86. The van der Waals surface area contributed by atoms with Gasteiger partial charge in [0, 0.05) is 37.0 Å². The molecule has 2 atom stereocenters. The van der Waals surface area contributed by atoms with Gasteiger partial charge in [-0.2, -0.15) is 5.10 Å². The fourth-order valence-electron chi connectivity index (χ4n) is 4.58. The van der Waals surface area contributed by atoms with Gasteiger partial charge in [-0.15, -0.1) is 10.2 Å². The molecule has 5 rings (SSSR count). The van der Waals surface area contributed by atoms with E-state index in [0.717, 1.165) is 18.4 Å². The summed E-state index contributed by atoms with van der Waals surface area (Å²) in [5, 5.41) is 26.4. The lowest BCUT2D eigenvalue weighted by Gasteiger charge is -2.39. The molecule has 3 aromatic rings. The quantitative estimate of drug-likeness (QED) is 0.687. The van der Waals surface area contributed by atoms with Gasteiger partial charge < -0.3 is 15.2 Å². The fourth-order valence-corrected chi connectivity index (χ4v) is 4.58. The van der Waals surface area contributed by atoms with Crippen molar-refractivity contribution < 1.29 is 14.2 Å². The van der Waals surface area contributed by atoms with Crippen LogP contribution in [0, 0.1) is 5.82 Å². The number of halogens is 1. The number of aryl methyl sites for hydroxylation is 1. The third-order valence-electron chi connectivity index (χ3n) is 5.96. The van der Waals surface area contributed by atoms with Gasteiger partial charge in [-0.05, 0) is 49.4 Å². The molecule has 2 aliphatic heterocycles. The summed E-state index contributed by atoms with van der Waals surface area (Å²) in [6.07, 6.45) is 9.08. The first-order chi connectivity index (χ1) is 14.5. The van der Waals surface area contributed by atoms with Crippen LogP contribution < -0.4 is 10.1 Å². The lowest BCUT2D eigenvalue weighted by Crippen LogP contribution is -2.51. The number of hydrogen-bond donors (Lipinski definition) is 2. The predicted octanol–water partition coefficient (Wildman–Crippen LogP) is 3.44. The Hall–Kier alpha value is -3.00. The van der Waals surface area contributed by atoms with Gasteiger partial charge in [0.1, 0.15) is 17.7 Å². The topological polar surface area (TPSA) is 85.1 Å². The number of benzene rings is 1. The Morgan fingerprint density at radius 3 is 2.57 bits per heavy atom. The molecule has 0 amide bonds. The van der Waals surface area contributed by atoms with Gasteiger partial charge in [0.05, 0.1) is 17.5 Å².